The Morgan fingerprint density at radius 3 is 2.34 bits per heavy atom. The summed E-state index contributed by atoms with van der Waals surface area (Å²) in [5, 5.41) is 10.7. The Morgan fingerprint density at radius 2 is 1.77 bits per heavy atom. The lowest BCUT2D eigenvalue weighted by molar-refractivity contribution is -0.160. The molecule has 1 aromatic rings. The lowest BCUT2D eigenvalue weighted by Gasteiger charge is -2.42. The maximum Gasteiger partial charge on any atom is 0.248 e. The predicted octanol–water partition coefficient (Wildman–Crippen LogP) is 4.97. The van der Waals surface area contributed by atoms with Crippen LogP contribution in [0.5, 0.6) is 0 Å². The standard InChI is InChI=1S/C36H53N3O5/c1-8-16-26(7)38(22-10-3)34(43)31-36-20-19-35(12-5,44-36)29(30(36)33(42)39(31)28(24-40)25(6)11-4)32(41)37(21-9-2)23-27-17-14-13-15-18-27/h9-10,13-15,17-18,25-26,28-31,40H,2-3,8,11-12,16,19-24H2,1,4-7H3/t25-,26?,28-,29+,30-,31?,35-,36?/m0/s1. The van der Waals surface area contributed by atoms with Gasteiger partial charge in [0, 0.05) is 25.7 Å². The normalized spacial score (nSPS) is 29.2. The second kappa shape index (κ2) is 14.0. The van der Waals surface area contributed by atoms with Crippen molar-refractivity contribution in [1.82, 2.24) is 14.7 Å². The number of benzene rings is 1. The van der Waals surface area contributed by atoms with E-state index in [1.807, 2.05) is 62.9 Å². The summed E-state index contributed by atoms with van der Waals surface area (Å²) in [6, 6.07) is 8.23. The summed E-state index contributed by atoms with van der Waals surface area (Å²) in [4.78, 5) is 49.6. The van der Waals surface area contributed by atoms with Crippen molar-refractivity contribution in [3.8, 4) is 0 Å². The van der Waals surface area contributed by atoms with Crippen LogP contribution in [0, 0.1) is 17.8 Å². The van der Waals surface area contributed by atoms with Crippen molar-refractivity contribution in [3.63, 3.8) is 0 Å². The Balaban J connectivity index is 1.85. The Bertz CT molecular complexity index is 1210. The van der Waals surface area contributed by atoms with Gasteiger partial charge in [0.1, 0.15) is 11.6 Å². The van der Waals surface area contributed by atoms with Crippen LogP contribution in [0.1, 0.15) is 78.7 Å². The van der Waals surface area contributed by atoms with Gasteiger partial charge in [0.2, 0.25) is 17.7 Å². The Hall–Kier alpha value is -2.97. The van der Waals surface area contributed by atoms with E-state index in [1.54, 1.807) is 22.0 Å². The van der Waals surface area contributed by atoms with Crippen molar-refractivity contribution in [2.45, 2.75) is 109 Å². The van der Waals surface area contributed by atoms with Crippen molar-refractivity contribution < 1.29 is 24.2 Å². The Morgan fingerprint density at radius 1 is 1.09 bits per heavy atom. The van der Waals surface area contributed by atoms with Crippen LogP contribution in [0.2, 0.25) is 0 Å². The molecule has 1 N–H and O–H groups in total. The van der Waals surface area contributed by atoms with Crippen LogP contribution in [0.3, 0.4) is 0 Å². The van der Waals surface area contributed by atoms with E-state index in [2.05, 4.69) is 20.1 Å². The predicted molar refractivity (Wildman–Crippen MR) is 172 cm³/mol. The first-order chi connectivity index (χ1) is 21.1. The molecule has 2 bridgehead atoms. The molecular formula is C36H53N3O5. The van der Waals surface area contributed by atoms with Crippen LogP contribution in [-0.2, 0) is 25.7 Å². The molecular weight excluding hydrogens is 554 g/mol. The number of hydrogen-bond donors (Lipinski definition) is 1. The van der Waals surface area contributed by atoms with Gasteiger partial charge in [0.25, 0.3) is 0 Å². The SMILES string of the molecule is C=CCN(Cc1ccccc1)C(=O)[C@H]1[C@H]2C(=O)N([C@@H](CO)[C@@H](C)CC)C(C(=O)N(CC=C)C(C)CCC)C23CC[C@]1(CC)O3. The molecule has 8 heteroatoms. The van der Waals surface area contributed by atoms with Crippen LogP contribution in [-0.4, -0.2) is 86.6 Å². The van der Waals surface area contributed by atoms with E-state index in [0.717, 1.165) is 24.8 Å². The maximum absolute atomic E-state index is 14.8. The fourth-order valence-corrected chi connectivity index (χ4v) is 8.23. The summed E-state index contributed by atoms with van der Waals surface area (Å²) in [6.07, 6.45) is 7.53. The number of hydrogen-bond acceptors (Lipinski definition) is 5. The number of likely N-dealkylation sites (tertiary alicyclic amines) is 1. The smallest absolute Gasteiger partial charge is 0.248 e. The second-order valence-electron chi connectivity index (χ2n) is 13.1. The highest BCUT2D eigenvalue weighted by Crippen LogP contribution is 2.65. The van der Waals surface area contributed by atoms with Crippen molar-refractivity contribution in [2.75, 3.05) is 19.7 Å². The number of aliphatic hydroxyl groups is 1. The largest absolute Gasteiger partial charge is 0.394 e. The number of carbonyl (C=O) groups is 3. The second-order valence-corrected chi connectivity index (χ2v) is 13.1. The van der Waals surface area contributed by atoms with Crippen molar-refractivity contribution in [1.29, 1.82) is 0 Å². The van der Waals surface area contributed by atoms with Gasteiger partial charge in [-0.1, -0.05) is 83.0 Å². The van der Waals surface area contributed by atoms with Gasteiger partial charge in [0.05, 0.1) is 30.1 Å². The third-order valence-corrected chi connectivity index (χ3v) is 10.7. The zero-order chi connectivity index (χ0) is 32.2. The molecule has 8 nitrogen and oxygen atoms in total. The minimum Gasteiger partial charge on any atom is -0.394 e. The van der Waals surface area contributed by atoms with E-state index in [-0.39, 0.29) is 36.3 Å². The Kier molecular flexibility index (Phi) is 10.8. The number of fused-ring (bicyclic) bond motifs is 1. The van der Waals surface area contributed by atoms with E-state index in [9.17, 15) is 19.5 Å². The Labute approximate surface area is 264 Å². The van der Waals surface area contributed by atoms with Crippen molar-refractivity contribution in [3.05, 3.63) is 61.2 Å². The molecule has 1 aromatic carbocycles. The van der Waals surface area contributed by atoms with Gasteiger partial charge >= 0.3 is 0 Å². The fourth-order valence-electron chi connectivity index (χ4n) is 8.23. The molecule has 4 rings (SSSR count). The highest BCUT2D eigenvalue weighted by molar-refractivity contribution is 5.99. The average molecular weight is 608 g/mol. The number of nitrogens with zero attached hydrogens (tertiary/aromatic N) is 3. The maximum atomic E-state index is 14.8. The molecule has 3 amide bonds. The lowest BCUT2D eigenvalue weighted by Crippen LogP contribution is -2.61. The highest BCUT2D eigenvalue weighted by atomic mass is 16.5. The summed E-state index contributed by atoms with van der Waals surface area (Å²) in [6.45, 7) is 18.8. The van der Waals surface area contributed by atoms with Gasteiger partial charge in [-0.25, -0.2) is 0 Å². The number of carbonyl (C=O) groups excluding carboxylic acids is 3. The highest BCUT2D eigenvalue weighted by Gasteiger charge is 2.79. The van der Waals surface area contributed by atoms with E-state index in [4.69, 9.17) is 4.74 Å². The molecule has 44 heavy (non-hydrogen) atoms. The molecule has 1 spiro atoms. The number of rotatable bonds is 16. The molecule has 0 saturated carbocycles. The van der Waals surface area contributed by atoms with E-state index < -0.39 is 35.1 Å². The van der Waals surface area contributed by atoms with E-state index >= 15 is 0 Å². The van der Waals surface area contributed by atoms with Gasteiger partial charge in [-0.2, -0.15) is 0 Å². The molecule has 3 heterocycles. The molecule has 8 atom stereocenters. The van der Waals surface area contributed by atoms with Crippen molar-refractivity contribution in [2.24, 2.45) is 17.8 Å². The molecule has 3 fully saturated rings. The van der Waals surface area contributed by atoms with Gasteiger partial charge < -0.3 is 24.5 Å². The molecule has 3 aliphatic rings. The first-order valence-electron chi connectivity index (χ1n) is 16.6. The summed E-state index contributed by atoms with van der Waals surface area (Å²) in [5.74, 6) is -2.19. The number of amides is 3. The van der Waals surface area contributed by atoms with Gasteiger partial charge in [0.15, 0.2) is 0 Å². The zero-order valence-electron chi connectivity index (χ0n) is 27.4. The summed E-state index contributed by atoms with van der Waals surface area (Å²) < 4.78 is 7.05. The molecule has 0 aliphatic carbocycles. The third-order valence-electron chi connectivity index (χ3n) is 10.7. The van der Waals surface area contributed by atoms with Crippen LogP contribution in [0.15, 0.2) is 55.6 Å². The lowest BCUT2D eigenvalue weighted by atomic mass is 9.64. The quantitative estimate of drug-likeness (QED) is 0.268. The van der Waals surface area contributed by atoms with E-state index in [0.29, 0.717) is 38.9 Å². The van der Waals surface area contributed by atoms with Crippen LogP contribution in [0.25, 0.3) is 0 Å². The van der Waals surface area contributed by atoms with Gasteiger partial charge in [-0.15, -0.1) is 13.2 Å². The summed E-state index contributed by atoms with van der Waals surface area (Å²) in [5.41, 5.74) is -1.01. The summed E-state index contributed by atoms with van der Waals surface area (Å²) >= 11 is 0. The summed E-state index contributed by atoms with van der Waals surface area (Å²) in [7, 11) is 0. The monoisotopic (exact) mass is 607 g/mol. The molecule has 3 saturated heterocycles. The molecule has 242 valence electrons. The first kappa shape index (κ1) is 33.9. The molecule has 0 radical (unpaired) electrons. The minimum atomic E-state index is -1.15. The third kappa shape index (κ3) is 5.64. The molecule has 3 unspecified atom stereocenters. The number of aliphatic hydroxyl groups excluding tert-OH is 1. The van der Waals surface area contributed by atoms with Crippen LogP contribution in [0.4, 0.5) is 0 Å². The van der Waals surface area contributed by atoms with Crippen LogP contribution < -0.4 is 0 Å². The fraction of sp³-hybridized carbons (Fsp3) is 0.639. The molecule has 0 aromatic heterocycles. The van der Waals surface area contributed by atoms with Gasteiger partial charge in [-0.3, -0.25) is 14.4 Å². The zero-order valence-corrected chi connectivity index (χ0v) is 27.4. The van der Waals surface area contributed by atoms with Crippen LogP contribution >= 0.6 is 0 Å². The van der Waals surface area contributed by atoms with E-state index in [1.165, 1.54) is 0 Å². The van der Waals surface area contributed by atoms with Crippen molar-refractivity contribution >= 4 is 17.7 Å². The minimum absolute atomic E-state index is 0.0581. The number of ether oxygens (including phenoxy) is 1. The first-order valence-corrected chi connectivity index (χ1v) is 16.6. The topological polar surface area (TPSA) is 90.4 Å². The molecule has 3 aliphatic heterocycles. The average Bonchev–Trinajstić information content (AvgIpc) is 3.63. The van der Waals surface area contributed by atoms with Gasteiger partial charge in [-0.05, 0) is 44.1 Å².